The highest BCUT2D eigenvalue weighted by atomic mass is 16.6. The van der Waals surface area contributed by atoms with Crippen molar-refractivity contribution in [2.45, 2.75) is 53.6 Å². The molecule has 0 fully saturated rings. The van der Waals surface area contributed by atoms with Crippen molar-refractivity contribution in [3.63, 3.8) is 0 Å². The summed E-state index contributed by atoms with van der Waals surface area (Å²) in [5, 5.41) is 0. The molecule has 0 radical (unpaired) electrons. The molecule has 1 N–H and O–H groups in total. The molecule has 2 rings (SSSR count). The van der Waals surface area contributed by atoms with Gasteiger partial charge in [0.2, 0.25) is 5.78 Å². The summed E-state index contributed by atoms with van der Waals surface area (Å²) in [5.41, 5.74) is 2.97. The van der Waals surface area contributed by atoms with E-state index >= 15 is 0 Å². The van der Waals surface area contributed by atoms with E-state index in [-0.39, 0.29) is 29.8 Å². The summed E-state index contributed by atoms with van der Waals surface area (Å²) in [7, 11) is 0. The summed E-state index contributed by atoms with van der Waals surface area (Å²) < 4.78 is 10.8. The number of benzene rings is 1. The lowest BCUT2D eigenvalue weighted by molar-refractivity contribution is -0.148. The van der Waals surface area contributed by atoms with Crippen molar-refractivity contribution in [3.8, 4) is 5.75 Å². The van der Waals surface area contributed by atoms with E-state index in [4.69, 9.17) is 9.47 Å². The molecule has 0 saturated carbocycles. The van der Waals surface area contributed by atoms with Crippen molar-refractivity contribution >= 4 is 17.5 Å². The fraction of sp³-hybridized carbons (Fsp3) is 0.409. The van der Waals surface area contributed by atoms with Gasteiger partial charge in [-0.15, -0.1) is 0 Å². The third-order valence-corrected chi connectivity index (χ3v) is 4.60. The number of rotatable bonds is 8. The first-order valence-electron chi connectivity index (χ1n) is 9.29. The molecule has 0 amide bonds. The number of Topliss-reactive ketones (excluding diaryl/α,β-unsaturated/α-hetero) is 2. The number of aromatic amines is 1. The highest BCUT2D eigenvalue weighted by molar-refractivity contribution is 6.05. The van der Waals surface area contributed by atoms with E-state index in [1.54, 1.807) is 19.9 Å². The van der Waals surface area contributed by atoms with Gasteiger partial charge in [0.15, 0.2) is 18.5 Å². The number of ketones is 2. The SMILES string of the molecule is CC(=O)c1c(C)[nH]c(C(=O)[C@@H](C)OC(=O)COc2ccccc2C(C)C)c1C. The Labute approximate surface area is 165 Å². The average molecular weight is 385 g/mol. The fourth-order valence-electron chi connectivity index (χ4n) is 3.24. The average Bonchev–Trinajstić information content (AvgIpc) is 2.93. The third kappa shape index (κ3) is 4.68. The number of ether oxygens (including phenoxy) is 2. The molecule has 0 saturated heterocycles. The number of H-pyrrole nitrogens is 1. The number of hydrogen-bond acceptors (Lipinski definition) is 5. The Morgan fingerprint density at radius 1 is 1.07 bits per heavy atom. The second-order valence-corrected chi connectivity index (χ2v) is 7.16. The van der Waals surface area contributed by atoms with E-state index in [1.165, 1.54) is 13.8 Å². The van der Waals surface area contributed by atoms with E-state index in [0.717, 1.165) is 5.56 Å². The predicted molar refractivity (Wildman–Crippen MR) is 106 cm³/mol. The Bertz CT molecular complexity index is 894. The summed E-state index contributed by atoms with van der Waals surface area (Å²) in [6, 6.07) is 7.49. The van der Waals surface area contributed by atoms with Crippen LogP contribution in [0.15, 0.2) is 24.3 Å². The number of nitrogens with one attached hydrogen (secondary N) is 1. The Kier molecular flexibility index (Phi) is 6.78. The third-order valence-electron chi connectivity index (χ3n) is 4.60. The molecule has 1 aromatic carbocycles. The molecule has 6 heteroatoms. The fourth-order valence-corrected chi connectivity index (χ4v) is 3.24. The molecular weight excluding hydrogens is 358 g/mol. The monoisotopic (exact) mass is 385 g/mol. The van der Waals surface area contributed by atoms with Crippen molar-refractivity contribution in [3.05, 3.63) is 52.3 Å². The molecule has 28 heavy (non-hydrogen) atoms. The molecule has 0 spiro atoms. The van der Waals surface area contributed by atoms with Crippen LogP contribution in [0.25, 0.3) is 0 Å². The zero-order chi connectivity index (χ0) is 21.0. The Balaban J connectivity index is 2.02. The summed E-state index contributed by atoms with van der Waals surface area (Å²) in [6.07, 6.45) is -0.993. The largest absolute Gasteiger partial charge is 0.482 e. The minimum absolute atomic E-state index is 0.118. The zero-order valence-corrected chi connectivity index (χ0v) is 17.2. The molecule has 0 aliphatic heterocycles. The van der Waals surface area contributed by atoms with Crippen LogP contribution >= 0.6 is 0 Å². The van der Waals surface area contributed by atoms with Crippen LogP contribution < -0.4 is 4.74 Å². The van der Waals surface area contributed by atoms with Crippen molar-refractivity contribution in [1.29, 1.82) is 0 Å². The number of hydrogen-bond donors (Lipinski definition) is 1. The predicted octanol–water partition coefficient (Wildman–Crippen LogP) is 4.15. The van der Waals surface area contributed by atoms with Gasteiger partial charge in [-0.05, 0) is 50.8 Å². The van der Waals surface area contributed by atoms with Crippen LogP contribution in [0.3, 0.4) is 0 Å². The van der Waals surface area contributed by atoms with Crippen molar-refractivity contribution < 1.29 is 23.9 Å². The Hall–Kier alpha value is -2.89. The van der Waals surface area contributed by atoms with E-state index in [1.807, 2.05) is 32.0 Å². The van der Waals surface area contributed by atoms with Gasteiger partial charge in [-0.3, -0.25) is 9.59 Å². The van der Waals surface area contributed by atoms with E-state index in [9.17, 15) is 14.4 Å². The quantitative estimate of drug-likeness (QED) is 0.545. The highest BCUT2D eigenvalue weighted by Gasteiger charge is 2.26. The van der Waals surface area contributed by atoms with E-state index in [2.05, 4.69) is 4.98 Å². The van der Waals surface area contributed by atoms with Gasteiger partial charge >= 0.3 is 5.97 Å². The Morgan fingerprint density at radius 3 is 2.29 bits per heavy atom. The number of carbonyl (C=O) groups excluding carboxylic acids is 3. The second kappa shape index (κ2) is 8.87. The molecule has 1 atom stereocenters. The summed E-state index contributed by atoms with van der Waals surface area (Å²) in [4.78, 5) is 39.5. The lowest BCUT2D eigenvalue weighted by Crippen LogP contribution is -2.28. The minimum atomic E-state index is -0.993. The minimum Gasteiger partial charge on any atom is -0.482 e. The molecule has 0 unspecified atom stereocenters. The maximum absolute atomic E-state index is 12.6. The molecule has 2 aromatic rings. The maximum atomic E-state index is 12.6. The topological polar surface area (TPSA) is 85.5 Å². The van der Waals surface area contributed by atoms with Gasteiger partial charge in [0.25, 0.3) is 0 Å². The zero-order valence-electron chi connectivity index (χ0n) is 17.2. The lowest BCUT2D eigenvalue weighted by atomic mass is 10.0. The van der Waals surface area contributed by atoms with Gasteiger partial charge in [-0.1, -0.05) is 32.0 Å². The van der Waals surface area contributed by atoms with Crippen LogP contribution in [-0.2, 0) is 9.53 Å². The van der Waals surface area contributed by atoms with Crippen LogP contribution in [0.4, 0.5) is 0 Å². The van der Waals surface area contributed by atoms with Crippen LogP contribution in [0, 0.1) is 13.8 Å². The second-order valence-electron chi connectivity index (χ2n) is 7.16. The summed E-state index contributed by atoms with van der Waals surface area (Å²) in [5.74, 6) is -0.263. The molecule has 0 aliphatic carbocycles. The first kappa shape index (κ1) is 21.4. The van der Waals surface area contributed by atoms with Gasteiger partial charge in [0.05, 0.1) is 5.69 Å². The first-order valence-corrected chi connectivity index (χ1v) is 9.29. The molecule has 1 heterocycles. The van der Waals surface area contributed by atoms with Crippen LogP contribution in [0.2, 0.25) is 0 Å². The smallest absolute Gasteiger partial charge is 0.344 e. The standard InChI is InChI=1S/C22H27NO5/c1-12(2)17-9-7-8-10-18(17)27-11-19(25)28-16(6)22(26)21-13(3)20(15(5)24)14(4)23-21/h7-10,12,16,23H,11H2,1-6H3/t16-/m1/s1. The van der Waals surface area contributed by atoms with Gasteiger partial charge in [-0.25, -0.2) is 4.79 Å². The number of aryl methyl sites for hydroxylation is 1. The van der Waals surface area contributed by atoms with Crippen LogP contribution in [-0.4, -0.2) is 35.2 Å². The first-order chi connectivity index (χ1) is 13.1. The van der Waals surface area contributed by atoms with Gasteiger partial charge in [0.1, 0.15) is 5.75 Å². The molecule has 0 bridgehead atoms. The maximum Gasteiger partial charge on any atom is 0.344 e. The summed E-state index contributed by atoms with van der Waals surface area (Å²) in [6.45, 7) is 10.2. The molecule has 6 nitrogen and oxygen atoms in total. The van der Waals surface area contributed by atoms with E-state index in [0.29, 0.717) is 22.6 Å². The Morgan fingerprint density at radius 2 is 1.71 bits per heavy atom. The number of para-hydroxylation sites is 1. The number of esters is 1. The molecule has 1 aromatic heterocycles. The van der Waals surface area contributed by atoms with Crippen molar-refractivity contribution in [1.82, 2.24) is 4.98 Å². The number of aromatic nitrogens is 1. The number of carbonyl (C=O) groups is 3. The van der Waals surface area contributed by atoms with Crippen molar-refractivity contribution in [2.75, 3.05) is 6.61 Å². The van der Waals surface area contributed by atoms with Gasteiger partial charge in [0, 0.05) is 11.3 Å². The molecule has 150 valence electrons. The van der Waals surface area contributed by atoms with Crippen LogP contribution in [0.1, 0.15) is 71.3 Å². The van der Waals surface area contributed by atoms with Crippen LogP contribution in [0.5, 0.6) is 5.75 Å². The van der Waals surface area contributed by atoms with Crippen molar-refractivity contribution in [2.24, 2.45) is 0 Å². The highest BCUT2D eigenvalue weighted by Crippen LogP contribution is 2.26. The van der Waals surface area contributed by atoms with E-state index < -0.39 is 12.1 Å². The molecular formula is C22H27NO5. The van der Waals surface area contributed by atoms with Gasteiger partial charge in [-0.2, -0.15) is 0 Å². The summed E-state index contributed by atoms with van der Waals surface area (Å²) >= 11 is 0. The normalized spacial score (nSPS) is 12.0. The lowest BCUT2D eigenvalue weighted by Gasteiger charge is -2.15. The van der Waals surface area contributed by atoms with Gasteiger partial charge < -0.3 is 14.5 Å². The molecule has 0 aliphatic rings.